The highest BCUT2D eigenvalue weighted by Crippen LogP contribution is 1.87. The molecule has 0 aromatic carbocycles. The van der Waals surface area contributed by atoms with Gasteiger partial charge in [-0.25, -0.2) is 4.79 Å². The van der Waals surface area contributed by atoms with Crippen molar-refractivity contribution >= 4 is 24.0 Å². The highest BCUT2D eigenvalue weighted by atomic mass is 16.6. The lowest BCUT2D eigenvalue weighted by Crippen LogP contribution is -2.18. The maximum atomic E-state index is 10.5. The van der Waals surface area contributed by atoms with Gasteiger partial charge in [-0.1, -0.05) is 0 Å². The minimum absolute atomic E-state index is 0.152. The molecular formula is C6H6O5. The Kier molecular flexibility index (Phi) is 3.72. The molecule has 0 amide bonds. The molecule has 0 saturated heterocycles. The lowest BCUT2D eigenvalue weighted by molar-refractivity contribution is -0.158. The Labute approximate surface area is 62.3 Å². The van der Waals surface area contributed by atoms with E-state index in [1.165, 1.54) is 0 Å². The maximum Gasteiger partial charge on any atom is 0.382 e. The van der Waals surface area contributed by atoms with E-state index in [1.807, 2.05) is 0 Å². The number of ketones is 2. The Morgan fingerprint density at radius 2 is 1.91 bits per heavy atom. The molecule has 0 aromatic rings. The number of Topliss-reactive ketones (excluding diaryl/α,β-unsaturated/α-hetero) is 2. The molecule has 0 aromatic heterocycles. The van der Waals surface area contributed by atoms with E-state index >= 15 is 0 Å². The first-order chi connectivity index (χ1) is 5.07. The second-order valence-corrected chi connectivity index (χ2v) is 1.80. The van der Waals surface area contributed by atoms with Gasteiger partial charge in [0.05, 0.1) is 6.42 Å². The number of carbonyl (C=O) groups excluding carboxylic acids is 4. The SMILES string of the molecule is CC(=O)CC(=O)C(=O)OC=O. The van der Waals surface area contributed by atoms with Crippen LogP contribution in [0.15, 0.2) is 0 Å². The summed E-state index contributed by atoms with van der Waals surface area (Å²) in [6.45, 7) is 1.01. The molecule has 0 aliphatic rings. The zero-order valence-corrected chi connectivity index (χ0v) is 5.83. The van der Waals surface area contributed by atoms with E-state index in [9.17, 15) is 19.2 Å². The van der Waals surface area contributed by atoms with Gasteiger partial charge in [0, 0.05) is 0 Å². The molecule has 0 bridgehead atoms. The number of carbonyl (C=O) groups is 4. The third-order valence-electron chi connectivity index (χ3n) is 0.792. The Morgan fingerprint density at radius 3 is 2.27 bits per heavy atom. The number of hydrogen-bond donors (Lipinski definition) is 0. The quantitative estimate of drug-likeness (QED) is 0.232. The summed E-state index contributed by atoms with van der Waals surface area (Å²) in [5, 5.41) is 0. The van der Waals surface area contributed by atoms with Crippen molar-refractivity contribution in [2.75, 3.05) is 0 Å². The van der Waals surface area contributed by atoms with Gasteiger partial charge < -0.3 is 4.74 Å². The third-order valence-corrected chi connectivity index (χ3v) is 0.792. The molecule has 0 heterocycles. The summed E-state index contributed by atoms with van der Waals surface area (Å²) in [7, 11) is 0. The molecule has 0 N–H and O–H groups in total. The van der Waals surface area contributed by atoms with Crippen molar-refractivity contribution in [3.05, 3.63) is 0 Å². The first kappa shape index (κ1) is 9.48. The van der Waals surface area contributed by atoms with Crippen molar-refractivity contribution < 1.29 is 23.9 Å². The summed E-state index contributed by atoms with van der Waals surface area (Å²) < 4.78 is 3.68. The molecular weight excluding hydrogens is 152 g/mol. The fourth-order valence-electron chi connectivity index (χ4n) is 0.408. The average Bonchev–Trinajstić information content (AvgIpc) is 1.86. The van der Waals surface area contributed by atoms with Gasteiger partial charge in [-0.15, -0.1) is 0 Å². The van der Waals surface area contributed by atoms with Crippen LogP contribution in [0.25, 0.3) is 0 Å². The monoisotopic (exact) mass is 158 g/mol. The number of ether oxygens (including phenoxy) is 1. The second kappa shape index (κ2) is 4.32. The molecule has 60 valence electrons. The molecule has 0 atom stereocenters. The van der Waals surface area contributed by atoms with E-state index in [1.54, 1.807) is 0 Å². The van der Waals surface area contributed by atoms with Gasteiger partial charge >= 0.3 is 12.4 Å². The zero-order chi connectivity index (χ0) is 8.85. The fourth-order valence-corrected chi connectivity index (χ4v) is 0.408. The molecule has 5 heteroatoms. The van der Waals surface area contributed by atoms with Crippen LogP contribution >= 0.6 is 0 Å². The summed E-state index contributed by atoms with van der Waals surface area (Å²) in [4.78, 5) is 40.6. The van der Waals surface area contributed by atoms with E-state index < -0.39 is 24.0 Å². The molecule has 0 aliphatic heterocycles. The largest absolute Gasteiger partial charge is 0.390 e. The van der Waals surface area contributed by atoms with Crippen LogP contribution < -0.4 is 0 Å². The summed E-state index contributed by atoms with van der Waals surface area (Å²) in [5.41, 5.74) is 0. The van der Waals surface area contributed by atoms with E-state index in [4.69, 9.17) is 0 Å². The standard InChI is InChI=1S/C6H6O5/c1-4(8)2-5(9)6(10)11-3-7/h3H,2H2,1H3. The first-order valence-corrected chi connectivity index (χ1v) is 2.75. The summed E-state index contributed by atoms with van der Waals surface area (Å²) in [6, 6.07) is 0. The molecule has 0 saturated carbocycles. The van der Waals surface area contributed by atoms with Gasteiger partial charge in [0.25, 0.3) is 0 Å². The van der Waals surface area contributed by atoms with E-state index in [0.29, 0.717) is 0 Å². The molecule has 0 radical (unpaired) electrons. The normalized spacial score (nSPS) is 8.45. The predicted molar refractivity (Wildman–Crippen MR) is 32.5 cm³/mol. The van der Waals surface area contributed by atoms with Gasteiger partial charge in [-0.3, -0.25) is 14.4 Å². The maximum absolute atomic E-state index is 10.5. The van der Waals surface area contributed by atoms with Gasteiger partial charge in [-0.05, 0) is 6.92 Å². The number of rotatable bonds is 4. The van der Waals surface area contributed by atoms with Crippen LogP contribution in [0.4, 0.5) is 0 Å². The van der Waals surface area contributed by atoms with Crippen LogP contribution in [0, 0.1) is 0 Å². The van der Waals surface area contributed by atoms with Crippen molar-refractivity contribution in [3.63, 3.8) is 0 Å². The van der Waals surface area contributed by atoms with Crippen molar-refractivity contribution in [3.8, 4) is 0 Å². The number of esters is 1. The van der Waals surface area contributed by atoms with Crippen molar-refractivity contribution in [2.24, 2.45) is 0 Å². The van der Waals surface area contributed by atoms with Gasteiger partial charge in [0.15, 0.2) is 0 Å². The van der Waals surface area contributed by atoms with Crippen molar-refractivity contribution in [1.82, 2.24) is 0 Å². The first-order valence-electron chi connectivity index (χ1n) is 2.75. The Bertz CT molecular complexity index is 205. The average molecular weight is 158 g/mol. The van der Waals surface area contributed by atoms with Crippen LogP contribution in [-0.4, -0.2) is 24.0 Å². The fraction of sp³-hybridized carbons (Fsp3) is 0.333. The molecule has 0 rings (SSSR count). The lowest BCUT2D eigenvalue weighted by atomic mass is 10.2. The van der Waals surface area contributed by atoms with Crippen LogP contribution in [0.5, 0.6) is 0 Å². The Morgan fingerprint density at radius 1 is 1.36 bits per heavy atom. The summed E-state index contributed by atoms with van der Waals surface area (Å²) in [5.74, 6) is -2.75. The third kappa shape index (κ3) is 3.96. The molecule has 0 fully saturated rings. The molecule has 0 spiro atoms. The van der Waals surface area contributed by atoms with Crippen molar-refractivity contribution in [2.45, 2.75) is 13.3 Å². The van der Waals surface area contributed by atoms with Crippen LogP contribution in [-0.2, 0) is 23.9 Å². The Hall–Kier alpha value is -1.52. The second-order valence-electron chi connectivity index (χ2n) is 1.80. The predicted octanol–water partition coefficient (Wildman–Crippen LogP) is -0.766. The zero-order valence-electron chi connectivity index (χ0n) is 5.83. The summed E-state index contributed by atoms with van der Waals surface area (Å²) >= 11 is 0. The molecule has 0 aliphatic carbocycles. The molecule has 11 heavy (non-hydrogen) atoms. The van der Waals surface area contributed by atoms with Crippen LogP contribution in [0.1, 0.15) is 13.3 Å². The molecule has 0 unspecified atom stereocenters. The van der Waals surface area contributed by atoms with Gasteiger partial charge in [0.2, 0.25) is 5.78 Å². The van der Waals surface area contributed by atoms with Gasteiger partial charge in [-0.2, -0.15) is 0 Å². The Balaban J connectivity index is 3.93. The highest BCUT2D eigenvalue weighted by molar-refractivity contribution is 6.37. The van der Waals surface area contributed by atoms with Crippen LogP contribution in [0.3, 0.4) is 0 Å². The topological polar surface area (TPSA) is 77.5 Å². The lowest BCUT2D eigenvalue weighted by Gasteiger charge is -1.91. The highest BCUT2D eigenvalue weighted by Gasteiger charge is 2.16. The summed E-state index contributed by atoms with van der Waals surface area (Å²) in [6.07, 6.45) is -0.521. The van der Waals surface area contributed by atoms with E-state index in [2.05, 4.69) is 4.74 Å². The van der Waals surface area contributed by atoms with Gasteiger partial charge in [0.1, 0.15) is 5.78 Å². The molecule has 5 nitrogen and oxygen atoms in total. The van der Waals surface area contributed by atoms with E-state index in [0.717, 1.165) is 6.92 Å². The minimum atomic E-state index is -1.30. The minimum Gasteiger partial charge on any atom is -0.390 e. The van der Waals surface area contributed by atoms with Crippen molar-refractivity contribution in [1.29, 1.82) is 0 Å². The van der Waals surface area contributed by atoms with Crippen LogP contribution in [0.2, 0.25) is 0 Å². The number of hydrogen-bond acceptors (Lipinski definition) is 5. The smallest absolute Gasteiger partial charge is 0.382 e. The van der Waals surface area contributed by atoms with E-state index in [-0.39, 0.29) is 6.47 Å².